The van der Waals surface area contributed by atoms with Crippen molar-refractivity contribution in [2.75, 3.05) is 0 Å². The highest BCUT2D eigenvalue weighted by molar-refractivity contribution is 5.71. The van der Waals surface area contributed by atoms with Crippen molar-refractivity contribution in [2.24, 2.45) is 0 Å². The SMILES string of the molecule is CCc1ccccc1-c1ccccc1C(C)CC. The summed E-state index contributed by atoms with van der Waals surface area (Å²) in [4.78, 5) is 0. The molecule has 0 amide bonds. The van der Waals surface area contributed by atoms with Gasteiger partial charge in [-0.2, -0.15) is 0 Å². The Hall–Kier alpha value is -1.56. The summed E-state index contributed by atoms with van der Waals surface area (Å²) >= 11 is 0. The highest BCUT2D eigenvalue weighted by Crippen LogP contribution is 2.32. The maximum Gasteiger partial charge on any atom is -0.0146 e. The second-order valence-corrected chi connectivity index (χ2v) is 4.91. The predicted molar refractivity (Wildman–Crippen MR) is 80.0 cm³/mol. The average molecular weight is 238 g/mol. The van der Waals surface area contributed by atoms with Crippen molar-refractivity contribution in [1.29, 1.82) is 0 Å². The van der Waals surface area contributed by atoms with Crippen LogP contribution < -0.4 is 0 Å². The third-order valence-corrected chi connectivity index (χ3v) is 3.79. The Bertz CT molecular complexity index is 511. The van der Waals surface area contributed by atoms with Crippen LogP contribution in [0.25, 0.3) is 11.1 Å². The standard InChI is InChI=1S/C18H22/c1-4-14(3)16-11-8-9-13-18(16)17-12-7-6-10-15(17)5-2/h6-14H,4-5H2,1-3H3. The van der Waals surface area contributed by atoms with Gasteiger partial charge < -0.3 is 0 Å². The molecule has 0 fully saturated rings. The number of hydrogen-bond acceptors (Lipinski definition) is 0. The van der Waals surface area contributed by atoms with Crippen molar-refractivity contribution in [1.82, 2.24) is 0 Å². The van der Waals surface area contributed by atoms with E-state index in [0.29, 0.717) is 5.92 Å². The van der Waals surface area contributed by atoms with Crippen LogP contribution >= 0.6 is 0 Å². The zero-order valence-corrected chi connectivity index (χ0v) is 11.6. The lowest BCUT2D eigenvalue weighted by atomic mass is 9.88. The molecule has 18 heavy (non-hydrogen) atoms. The Labute approximate surface area is 111 Å². The summed E-state index contributed by atoms with van der Waals surface area (Å²) in [5.41, 5.74) is 5.72. The first-order chi connectivity index (χ1) is 8.77. The highest BCUT2D eigenvalue weighted by atomic mass is 14.2. The lowest BCUT2D eigenvalue weighted by Gasteiger charge is -2.17. The second kappa shape index (κ2) is 5.86. The summed E-state index contributed by atoms with van der Waals surface area (Å²) in [5.74, 6) is 0.617. The normalized spacial score (nSPS) is 12.4. The summed E-state index contributed by atoms with van der Waals surface area (Å²) < 4.78 is 0. The van der Waals surface area contributed by atoms with E-state index >= 15 is 0 Å². The van der Waals surface area contributed by atoms with Gasteiger partial charge in [0.2, 0.25) is 0 Å². The van der Waals surface area contributed by atoms with E-state index in [1.807, 2.05) is 0 Å². The van der Waals surface area contributed by atoms with Crippen LogP contribution in [0.3, 0.4) is 0 Å². The molecule has 2 rings (SSSR count). The van der Waals surface area contributed by atoms with Gasteiger partial charge in [0.25, 0.3) is 0 Å². The summed E-state index contributed by atoms with van der Waals surface area (Å²) in [6.45, 7) is 6.80. The lowest BCUT2D eigenvalue weighted by molar-refractivity contribution is 0.735. The maximum absolute atomic E-state index is 2.31. The first-order valence-corrected chi connectivity index (χ1v) is 6.95. The molecule has 0 spiro atoms. The number of hydrogen-bond donors (Lipinski definition) is 0. The van der Waals surface area contributed by atoms with Crippen LogP contribution in [0.5, 0.6) is 0 Å². The van der Waals surface area contributed by atoms with Gasteiger partial charge in [-0.3, -0.25) is 0 Å². The molecule has 1 atom stereocenters. The molecule has 0 heteroatoms. The van der Waals surface area contributed by atoms with E-state index in [1.165, 1.54) is 28.7 Å². The van der Waals surface area contributed by atoms with E-state index in [-0.39, 0.29) is 0 Å². The van der Waals surface area contributed by atoms with E-state index in [0.717, 1.165) is 6.42 Å². The molecule has 0 aliphatic heterocycles. The zero-order chi connectivity index (χ0) is 13.0. The Kier molecular flexibility index (Phi) is 4.19. The summed E-state index contributed by atoms with van der Waals surface area (Å²) in [5, 5.41) is 0. The van der Waals surface area contributed by atoms with E-state index in [2.05, 4.69) is 69.3 Å². The van der Waals surface area contributed by atoms with E-state index in [4.69, 9.17) is 0 Å². The molecule has 0 bridgehead atoms. The quantitative estimate of drug-likeness (QED) is 0.666. The topological polar surface area (TPSA) is 0 Å². The Morgan fingerprint density at radius 1 is 0.833 bits per heavy atom. The Morgan fingerprint density at radius 3 is 2.11 bits per heavy atom. The van der Waals surface area contributed by atoms with E-state index in [9.17, 15) is 0 Å². The van der Waals surface area contributed by atoms with E-state index in [1.54, 1.807) is 0 Å². The van der Waals surface area contributed by atoms with Gasteiger partial charge in [0.1, 0.15) is 0 Å². The van der Waals surface area contributed by atoms with Gasteiger partial charge in [-0.25, -0.2) is 0 Å². The predicted octanol–water partition coefficient (Wildman–Crippen LogP) is 5.43. The summed E-state index contributed by atoms with van der Waals surface area (Å²) in [7, 11) is 0. The van der Waals surface area contributed by atoms with Crippen LogP contribution in [0.15, 0.2) is 48.5 Å². The molecule has 2 aromatic carbocycles. The molecular formula is C18H22. The van der Waals surface area contributed by atoms with Crippen molar-refractivity contribution in [3.8, 4) is 11.1 Å². The Morgan fingerprint density at radius 2 is 1.44 bits per heavy atom. The fraction of sp³-hybridized carbons (Fsp3) is 0.333. The maximum atomic E-state index is 2.31. The highest BCUT2D eigenvalue weighted by Gasteiger charge is 2.11. The first-order valence-electron chi connectivity index (χ1n) is 6.95. The average Bonchev–Trinajstić information content (AvgIpc) is 2.46. The number of rotatable bonds is 4. The van der Waals surface area contributed by atoms with Gasteiger partial charge in [0.15, 0.2) is 0 Å². The summed E-state index contributed by atoms with van der Waals surface area (Å²) in [6.07, 6.45) is 2.27. The van der Waals surface area contributed by atoms with Gasteiger partial charge in [-0.05, 0) is 41.0 Å². The van der Waals surface area contributed by atoms with Crippen molar-refractivity contribution < 1.29 is 0 Å². The molecule has 0 saturated heterocycles. The molecule has 0 nitrogen and oxygen atoms in total. The molecule has 94 valence electrons. The zero-order valence-electron chi connectivity index (χ0n) is 11.6. The molecule has 0 aromatic heterocycles. The smallest absolute Gasteiger partial charge is 0.0146 e. The van der Waals surface area contributed by atoms with Crippen LogP contribution in [0.4, 0.5) is 0 Å². The largest absolute Gasteiger partial charge is 0.0648 e. The van der Waals surface area contributed by atoms with Gasteiger partial charge in [0.05, 0.1) is 0 Å². The second-order valence-electron chi connectivity index (χ2n) is 4.91. The molecule has 0 heterocycles. The van der Waals surface area contributed by atoms with Crippen LogP contribution in [0.2, 0.25) is 0 Å². The third-order valence-electron chi connectivity index (χ3n) is 3.79. The molecule has 0 radical (unpaired) electrons. The van der Waals surface area contributed by atoms with Crippen LogP contribution in [-0.2, 0) is 6.42 Å². The summed E-state index contributed by atoms with van der Waals surface area (Å²) in [6, 6.07) is 17.6. The number of benzene rings is 2. The van der Waals surface area contributed by atoms with Crippen molar-refractivity contribution >= 4 is 0 Å². The monoisotopic (exact) mass is 238 g/mol. The van der Waals surface area contributed by atoms with Crippen molar-refractivity contribution in [3.05, 3.63) is 59.7 Å². The fourth-order valence-electron chi connectivity index (χ4n) is 2.48. The van der Waals surface area contributed by atoms with Gasteiger partial charge >= 0.3 is 0 Å². The van der Waals surface area contributed by atoms with Gasteiger partial charge in [-0.1, -0.05) is 69.3 Å². The fourth-order valence-corrected chi connectivity index (χ4v) is 2.48. The molecule has 0 aliphatic rings. The number of aryl methyl sites for hydroxylation is 1. The molecule has 1 unspecified atom stereocenters. The minimum Gasteiger partial charge on any atom is -0.0648 e. The lowest BCUT2D eigenvalue weighted by Crippen LogP contribution is -1.97. The van der Waals surface area contributed by atoms with E-state index < -0.39 is 0 Å². The molecule has 0 saturated carbocycles. The molecule has 0 N–H and O–H groups in total. The third kappa shape index (κ3) is 2.48. The molecule has 2 aromatic rings. The Balaban J connectivity index is 2.57. The van der Waals surface area contributed by atoms with Crippen LogP contribution in [0.1, 0.15) is 44.2 Å². The van der Waals surface area contributed by atoms with Gasteiger partial charge in [0, 0.05) is 0 Å². The van der Waals surface area contributed by atoms with Crippen LogP contribution in [-0.4, -0.2) is 0 Å². The van der Waals surface area contributed by atoms with Crippen molar-refractivity contribution in [2.45, 2.75) is 39.5 Å². The van der Waals surface area contributed by atoms with Gasteiger partial charge in [-0.15, -0.1) is 0 Å². The van der Waals surface area contributed by atoms with Crippen LogP contribution in [0, 0.1) is 0 Å². The minimum absolute atomic E-state index is 0.617. The molecule has 0 aliphatic carbocycles. The minimum atomic E-state index is 0.617. The first kappa shape index (κ1) is 12.9. The molecular weight excluding hydrogens is 216 g/mol. The van der Waals surface area contributed by atoms with Crippen molar-refractivity contribution in [3.63, 3.8) is 0 Å².